The van der Waals surface area contributed by atoms with Gasteiger partial charge in [-0.25, -0.2) is 4.79 Å². The minimum absolute atomic E-state index is 0. The Bertz CT molecular complexity index is 46.2. The molecular formula is C2H11N3O2. The first kappa shape index (κ1) is 16.4. The molecule has 46 valence electrons. The Labute approximate surface area is 41.8 Å². The molecule has 0 aliphatic carbocycles. The number of carbonyl (C=O) groups is 1. The van der Waals surface area contributed by atoms with E-state index in [1.807, 2.05) is 0 Å². The summed E-state index contributed by atoms with van der Waals surface area (Å²) >= 11 is 0. The van der Waals surface area contributed by atoms with Crippen LogP contribution in [0.4, 0.5) is 4.79 Å². The maximum absolute atomic E-state index is 9.48. The Hall–Kier alpha value is -0.810. The van der Waals surface area contributed by atoms with Crippen LogP contribution in [0.15, 0.2) is 0 Å². The van der Waals surface area contributed by atoms with Gasteiger partial charge in [0.2, 0.25) is 0 Å². The van der Waals surface area contributed by atoms with Gasteiger partial charge in [-0.2, -0.15) is 0 Å². The number of urea groups is 1. The zero-order valence-electron chi connectivity index (χ0n) is 4.19. The maximum atomic E-state index is 9.48. The normalized spacial score (nSPS) is 4.71. The summed E-state index contributed by atoms with van der Waals surface area (Å²) in [6.45, 7) is 0. The molecular weight excluding hydrogens is 98.0 g/mol. The summed E-state index contributed by atoms with van der Waals surface area (Å²) < 4.78 is 0. The van der Waals surface area contributed by atoms with E-state index >= 15 is 0 Å². The van der Waals surface area contributed by atoms with E-state index in [1.165, 1.54) is 7.05 Å². The van der Waals surface area contributed by atoms with E-state index in [2.05, 4.69) is 11.1 Å². The third-order valence-electron chi connectivity index (χ3n) is 0.246. The number of nitrogens with two attached hydrogens (primary N) is 1. The highest BCUT2D eigenvalue weighted by Crippen LogP contribution is 1.38. The summed E-state index contributed by atoms with van der Waals surface area (Å²) in [6, 6.07) is -0.495. The fraction of sp³-hybridized carbons (Fsp3) is 0.500. The van der Waals surface area contributed by atoms with Crippen molar-refractivity contribution in [1.82, 2.24) is 11.5 Å². The summed E-state index contributed by atoms with van der Waals surface area (Å²) in [5, 5.41) is 2.17. The number of primary amides is 1. The van der Waals surface area contributed by atoms with E-state index in [-0.39, 0.29) is 11.6 Å². The number of hydrogen-bond acceptors (Lipinski definition) is 2. The van der Waals surface area contributed by atoms with Gasteiger partial charge in [-0.1, -0.05) is 0 Å². The molecule has 0 spiro atoms. The van der Waals surface area contributed by atoms with Crippen LogP contribution in [-0.2, 0) is 0 Å². The van der Waals surface area contributed by atoms with Crippen LogP contribution in [0.5, 0.6) is 0 Å². The van der Waals surface area contributed by atoms with E-state index in [0.29, 0.717) is 0 Å². The van der Waals surface area contributed by atoms with Crippen LogP contribution in [0.25, 0.3) is 0 Å². The predicted octanol–water partition coefficient (Wildman–Crippen LogP) is -1.38. The monoisotopic (exact) mass is 109 g/mol. The Kier molecular flexibility index (Phi) is 21.0. The van der Waals surface area contributed by atoms with Gasteiger partial charge >= 0.3 is 6.03 Å². The molecule has 0 aromatic heterocycles. The standard InChI is InChI=1S/C2H6N2O.H3N.H2O/c1-4-2(3)5;;/h1H3,(H3,3,4,5);1H3;1H2. The zero-order chi connectivity index (χ0) is 4.28. The lowest BCUT2D eigenvalue weighted by molar-refractivity contribution is 0.251. The lowest BCUT2D eigenvalue weighted by atomic mass is 11.1. The third-order valence-corrected chi connectivity index (χ3v) is 0.246. The average Bonchev–Trinajstić information content (AvgIpc) is 1.38. The Balaban J connectivity index is -0.0000000800. The van der Waals surface area contributed by atoms with Crippen LogP contribution < -0.4 is 17.2 Å². The first-order valence-corrected chi connectivity index (χ1v) is 1.24. The molecule has 0 aromatic carbocycles. The first-order chi connectivity index (χ1) is 2.27. The highest BCUT2D eigenvalue weighted by molar-refractivity contribution is 5.71. The second-order valence-corrected chi connectivity index (χ2v) is 0.614. The molecule has 7 heavy (non-hydrogen) atoms. The largest absolute Gasteiger partial charge is 0.412 e. The molecule has 8 N–H and O–H groups in total. The predicted molar refractivity (Wildman–Crippen MR) is 27.3 cm³/mol. The van der Waals surface area contributed by atoms with Crippen molar-refractivity contribution in [1.29, 1.82) is 0 Å². The van der Waals surface area contributed by atoms with E-state index in [9.17, 15) is 4.79 Å². The molecule has 0 saturated carbocycles. The smallest absolute Gasteiger partial charge is 0.311 e. The molecule has 0 atom stereocenters. The van der Waals surface area contributed by atoms with Gasteiger partial charge in [0.15, 0.2) is 0 Å². The number of amides is 2. The molecule has 0 unspecified atom stereocenters. The molecule has 0 heterocycles. The Morgan fingerprint density at radius 3 is 1.86 bits per heavy atom. The number of carbonyl (C=O) groups excluding carboxylic acids is 1. The first-order valence-electron chi connectivity index (χ1n) is 1.24. The van der Waals surface area contributed by atoms with Crippen molar-refractivity contribution in [3.8, 4) is 0 Å². The molecule has 0 radical (unpaired) electrons. The average molecular weight is 109 g/mol. The molecule has 0 saturated heterocycles. The summed E-state index contributed by atoms with van der Waals surface area (Å²) in [5.41, 5.74) is 4.54. The van der Waals surface area contributed by atoms with E-state index in [1.54, 1.807) is 0 Å². The van der Waals surface area contributed by atoms with Gasteiger partial charge in [-0.05, 0) is 0 Å². The second-order valence-electron chi connectivity index (χ2n) is 0.614. The molecule has 0 fully saturated rings. The van der Waals surface area contributed by atoms with Crippen molar-refractivity contribution in [3.63, 3.8) is 0 Å². The van der Waals surface area contributed by atoms with Crippen molar-refractivity contribution in [3.05, 3.63) is 0 Å². The number of hydrogen-bond donors (Lipinski definition) is 3. The van der Waals surface area contributed by atoms with Gasteiger partial charge < -0.3 is 22.7 Å². The molecule has 0 rings (SSSR count). The second kappa shape index (κ2) is 8.95. The Morgan fingerprint density at radius 2 is 1.86 bits per heavy atom. The minimum atomic E-state index is -0.495. The van der Waals surface area contributed by atoms with Crippen LogP contribution in [0.1, 0.15) is 0 Å². The van der Waals surface area contributed by atoms with Crippen molar-refractivity contribution in [2.24, 2.45) is 5.73 Å². The zero-order valence-corrected chi connectivity index (χ0v) is 4.19. The molecule has 0 aromatic rings. The molecule has 0 bridgehead atoms. The van der Waals surface area contributed by atoms with Crippen LogP contribution in [0.3, 0.4) is 0 Å². The van der Waals surface area contributed by atoms with Crippen LogP contribution in [0, 0.1) is 0 Å². The van der Waals surface area contributed by atoms with E-state index < -0.39 is 6.03 Å². The minimum Gasteiger partial charge on any atom is -0.412 e. The fourth-order valence-corrected chi connectivity index (χ4v) is 0. The maximum Gasteiger partial charge on any atom is 0.311 e. The van der Waals surface area contributed by atoms with Crippen molar-refractivity contribution in [2.45, 2.75) is 0 Å². The molecule has 0 aliphatic rings. The molecule has 5 nitrogen and oxygen atoms in total. The molecule has 5 heteroatoms. The lowest BCUT2D eigenvalue weighted by Gasteiger charge is -1.80. The highest BCUT2D eigenvalue weighted by atomic mass is 16.2. The molecule has 0 aliphatic heterocycles. The van der Waals surface area contributed by atoms with Gasteiger partial charge in [0.25, 0.3) is 0 Å². The van der Waals surface area contributed by atoms with Crippen molar-refractivity contribution >= 4 is 6.03 Å². The van der Waals surface area contributed by atoms with Crippen LogP contribution in [0.2, 0.25) is 0 Å². The van der Waals surface area contributed by atoms with Crippen molar-refractivity contribution in [2.75, 3.05) is 7.05 Å². The number of rotatable bonds is 0. The summed E-state index contributed by atoms with van der Waals surface area (Å²) in [6.07, 6.45) is 0. The molecule has 2 amide bonds. The van der Waals surface area contributed by atoms with Crippen molar-refractivity contribution < 1.29 is 10.3 Å². The van der Waals surface area contributed by atoms with E-state index in [0.717, 1.165) is 0 Å². The van der Waals surface area contributed by atoms with Gasteiger partial charge in [0.1, 0.15) is 0 Å². The Morgan fingerprint density at radius 1 is 1.71 bits per heavy atom. The van der Waals surface area contributed by atoms with Gasteiger partial charge in [-0.15, -0.1) is 0 Å². The quantitative estimate of drug-likeness (QED) is 0.355. The van der Waals surface area contributed by atoms with Gasteiger partial charge in [0, 0.05) is 7.05 Å². The fourth-order valence-electron chi connectivity index (χ4n) is 0. The summed E-state index contributed by atoms with van der Waals surface area (Å²) in [4.78, 5) is 9.48. The van der Waals surface area contributed by atoms with Gasteiger partial charge in [-0.3, -0.25) is 0 Å². The third kappa shape index (κ3) is 37.3. The van der Waals surface area contributed by atoms with Crippen LogP contribution >= 0.6 is 0 Å². The van der Waals surface area contributed by atoms with E-state index in [4.69, 9.17) is 0 Å². The summed E-state index contributed by atoms with van der Waals surface area (Å²) in [5.74, 6) is 0. The lowest BCUT2D eigenvalue weighted by Crippen LogP contribution is -2.24. The summed E-state index contributed by atoms with van der Waals surface area (Å²) in [7, 11) is 1.47. The SMILES string of the molecule is CNC(N)=O.N.O. The van der Waals surface area contributed by atoms with Crippen LogP contribution in [-0.4, -0.2) is 18.6 Å². The number of nitrogens with one attached hydrogen (secondary N) is 1. The van der Waals surface area contributed by atoms with Gasteiger partial charge in [0.05, 0.1) is 0 Å². The topological polar surface area (TPSA) is 122 Å². The highest BCUT2D eigenvalue weighted by Gasteiger charge is 1.72.